The van der Waals surface area contributed by atoms with Crippen molar-refractivity contribution in [1.82, 2.24) is 4.90 Å². The van der Waals surface area contributed by atoms with Gasteiger partial charge in [-0.1, -0.05) is 6.07 Å². The highest BCUT2D eigenvalue weighted by atomic mass is 16.5. The molecule has 1 rings (SSSR count). The summed E-state index contributed by atoms with van der Waals surface area (Å²) in [5.41, 5.74) is 7.50. The third-order valence-electron chi connectivity index (χ3n) is 2.80. The summed E-state index contributed by atoms with van der Waals surface area (Å²) in [5.74, 6) is 0.800. The third kappa shape index (κ3) is 3.91. The van der Waals surface area contributed by atoms with E-state index in [0.29, 0.717) is 18.3 Å². The molecule has 0 aliphatic heterocycles. The summed E-state index contributed by atoms with van der Waals surface area (Å²) in [4.78, 5) is 2.19. The average Bonchev–Trinajstić information content (AvgIpc) is 2.30. The van der Waals surface area contributed by atoms with Gasteiger partial charge in [0.15, 0.2) is 0 Å². The lowest BCUT2D eigenvalue weighted by Crippen LogP contribution is -2.33. The number of hydrogen-bond acceptors (Lipinski definition) is 4. The number of hydrogen-bond donors (Lipinski definition) is 2. The fourth-order valence-electron chi connectivity index (χ4n) is 1.76. The molecule has 0 saturated heterocycles. The van der Waals surface area contributed by atoms with Gasteiger partial charge in [0.1, 0.15) is 5.75 Å². The van der Waals surface area contributed by atoms with E-state index in [1.54, 1.807) is 7.11 Å². The predicted molar refractivity (Wildman–Crippen MR) is 70.0 cm³/mol. The summed E-state index contributed by atoms with van der Waals surface area (Å²) in [5, 5.41) is 9.04. The van der Waals surface area contributed by atoms with Crippen molar-refractivity contribution in [1.29, 1.82) is 0 Å². The fourth-order valence-corrected chi connectivity index (χ4v) is 1.76. The minimum atomic E-state index is 0.162. The van der Waals surface area contributed by atoms with Gasteiger partial charge in [-0.05, 0) is 19.9 Å². The molecule has 17 heavy (non-hydrogen) atoms. The smallest absolute Gasteiger partial charge is 0.125 e. The van der Waals surface area contributed by atoms with Crippen LogP contribution in [-0.4, -0.2) is 36.3 Å². The number of benzene rings is 1. The van der Waals surface area contributed by atoms with Gasteiger partial charge in [0, 0.05) is 36.4 Å². The number of aliphatic hydroxyl groups is 1. The van der Waals surface area contributed by atoms with E-state index in [2.05, 4.69) is 18.7 Å². The molecule has 0 fully saturated rings. The summed E-state index contributed by atoms with van der Waals surface area (Å²) in [6.07, 6.45) is 0. The van der Waals surface area contributed by atoms with Gasteiger partial charge in [0.25, 0.3) is 0 Å². The number of methoxy groups -OCH3 is 1. The van der Waals surface area contributed by atoms with E-state index in [1.165, 1.54) is 0 Å². The Morgan fingerprint density at radius 1 is 1.41 bits per heavy atom. The topological polar surface area (TPSA) is 58.7 Å². The molecule has 0 aliphatic carbocycles. The van der Waals surface area contributed by atoms with Crippen molar-refractivity contribution in [2.75, 3.05) is 26.0 Å². The molecule has 3 N–H and O–H groups in total. The van der Waals surface area contributed by atoms with Gasteiger partial charge in [-0.3, -0.25) is 4.90 Å². The molecule has 0 spiro atoms. The van der Waals surface area contributed by atoms with Crippen molar-refractivity contribution in [2.24, 2.45) is 0 Å². The zero-order valence-electron chi connectivity index (χ0n) is 10.8. The summed E-state index contributed by atoms with van der Waals surface area (Å²) in [7, 11) is 1.64. The Bertz CT molecular complexity index is 353. The van der Waals surface area contributed by atoms with Gasteiger partial charge in [0.2, 0.25) is 0 Å². The van der Waals surface area contributed by atoms with Crippen molar-refractivity contribution in [3.63, 3.8) is 0 Å². The molecule has 1 aromatic rings. The maximum atomic E-state index is 9.04. The minimum absolute atomic E-state index is 0.162. The molecule has 0 aliphatic rings. The van der Waals surface area contributed by atoms with E-state index >= 15 is 0 Å². The van der Waals surface area contributed by atoms with Crippen LogP contribution in [0.4, 0.5) is 5.69 Å². The molecular weight excluding hydrogens is 216 g/mol. The first-order valence-electron chi connectivity index (χ1n) is 5.85. The number of rotatable bonds is 6. The number of nitrogens with two attached hydrogens (primary N) is 1. The maximum absolute atomic E-state index is 9.04. The van der Waals surface area contributed by atoms with Crippen molar-refractivity contribution < 1.29 is 9.84 Å². The van der Waals surface area contributed by atoms with Crippen LogP contribution in [0.3, 0.4) is 0 Å². The monoisotopic (exact) mass is 238 g/mol. The van der Waals surface area contributed by atoms with E-state index in [9.17, 15) is 0 Å². The fraction of sp³-hybridized carbons (Fsp3) is 0.538. The number of nitrogen functional groups attached to an aromatic ring is 1. The summed E-state index contributed by atoms with van der Waals surface area (Å²) in [6, 6.07) is 6.05. The molecule has 0 radical (unpaired) electrons. The Labute approximate surface area is 103 Å². The van der Waals surface area contributed by atoms with Gasteiger partial charge >= 0.3 is 0 Å². The number of nitrogens with zero attached hydrogens (tertiary/aromatic N) is 1. The normalized spacial score (nSPS) is 11.2. The van der Waals surface area contributed by atoms with Crippen LogP contribution >= 0.6 is 0 Å². The largest absolute Gasteiger partial charge is 0.496 e. The molecule has 1 aromatic carbocycles. The molecule has 0 atom stereocenters. The first kappa shape index (κ1) is 13.8. The highest BCUT2D eigenvalue weighted by Gasteiger charge is 2.12. The van der Waals surface area contributed by atoms with Crippen molar-refractivity contribution in [3.8, 4) is 5.75 Å². The Morgan fingerprint density at radius 3 is 2.65 bits per heavy atom. The Balaban J connectivity index is 2.84. The molecule has 0 aromatic heterocycles. The average molecular weight is 238 g/mol. The van der Waals surface area contributed by atoms with E-state index in [0.717, 1.165) is 17.9 Å². The zero-order chi connectivity index (χ0) is 12.8. The standard InChI is InChI=1S/C13H22N2O2/c1-10(2)15(6-7-16)9-11-4-5-12(14)8-13(11)17-3/h4-5,8,10,16H,6-7,9,14H2,1-3H3. The lowest BCUT2D eigenvalue weighted by atomic mass is 10.1. The highest BCUT2D eigenvalue weighted by Crippen LogP contribution is 2.23. The number of aliphatic hydroxyl groups excluding tert-OH is 1. The van der Waals surface area contributed by atoms with Gasteiger partial charge < -0.3 is 15.6 Å². The van der Waals surface area contributed by atoms with E-state index in [-0.39, 0.29) is 6.61 Å². The maximum Gasteiger partial charge on any atom is 0.125 e. The van der Waals surface area contributed by atoms with Gasteiger partial charge in [-0.15, -0.1) is 0 Å². The van der Waals surface area contributed by atoms with E-state index < -0.39 is 0 Å². The van der Waals surface area contributed by atoms with Crippen LogP contribution in [0.5, 0.6) is 5.75 Å². The molecule has 4 heteroatoms. The van der Waals surface area contributed by atoms with Crippen LogP contribution < -0.4 is 10.5 Å². The summed E-state index contributed by atoms with van der Waals surface area (Å²) < 4.78 is 5.32. The van der Waals surface area contributed by atoms with Crippen LogP contribution in [0.2, 0.25) is 0 Å². The summed E-state index contributed by atoms with van der Waals surface area (Å²) in [6.45, 7) is 5.79. The highest BCUT2D eigenvalue weighted by molar-refractivity contribution is 5.48. The van der Waals surface area contributed by atoms with E-state index in [1.807, 2.05) is 18.2 Å². The Morgan fingerprint density at radius 2 is 2.12 bits per heavy atom. The van der Waals surface area contributed by atoms with E-state index in [4.69, 9.17) is 15.6 Å². The van der Waals surface area contributed by atoms with Crippen LogP contribution in [0.15, 0.2) is 18.2 Å². The Kier molecular flexibility index (Phi) is 5.25. The third-order valence-corrected chi connectivity index (χ3v) is 2.80. The second-order valence-electron chi connectivity index (χ2n) is 4.36. The number of anilines is 1. The number of ether oxygens (including phenoxy) is 1. The van der Waals surface area contributed by atoms with Crippen LogP contribution in [0.25, 0.3) is 0 Å². The van der Waals surface area contributed by atoms with Gasteiger partial charge in [0.05, 0.1) is 13.7 Å². The molecule has 4 nitrogen and oxygen atoms in total. The van der Waals surface area contributed by atoms with Crippen molar-refractivity contribution >= 4 is 5.69 Å². The second kappa shape index (κ2) is 6.47. The van der Waals surface area contributed by atoms with Gasteiger partial charge in [-0.2, -0.15) is 0 Å². The molecule has 0 amide bonds. The second-order valence-corrected chi connectivity index (χ2v) is 4.36. The molecule has 0 saturated carbocycles. The quantitative estimate of drug-likeness (QED) is 0.737. The van der Waals surface area contributed by atoms with Crippen LogP contribution in [0, 0.1) is 0 Å². The van der Waals surface area contributed by atoms with Crippen LogP contribution in [-0.2, 0) is 6.54 Å². The molecule has 0 bridgehead atoms. The lowest BCUT2D eigenvalue weighted by molar-refractivity contribution is 0.158. The molecule has 96 valence electrons. The zero-order valence-corrected chi connectivity index (χ0v) is 10.8. The first-order chi connectivity index (χ1) is 8.08. The molecular formula is C13H22N2O2. The van der Waals surface area contributed by atoms with Crippen LogP contribution in [0.1, 0.15) is 19.4 Å². The SMILES string of the molecule is COc1cc(N)ccc1CN(CCO)C(C)C. The molecule has 0 unspecified atom stereocenters. The van der Waals surface area contributed by atoms with Crippen molar-refractivity contribution in [2.45, 2.75) is 26.4 Å². The van der Waals surface area contributed by atoms with Crippen molar-refractivity contribution in [3.05, 3.63) is 23.8 Å². The van der Waals surface area contributed by atoms with Gasteiger partial charge in [-0.25, -0.2) is 0 Å². The lowest BCUT2D eigenvalue weighted by Gasteiger charge is -2.26. The molecule has 0 heterocycles. The summed E-state index contributed by atoms with van der Waals surface area (Å²) >= 11 is 0. The first-order valence-corrected chi connectivity index (χ1v) is 5.85. The predicted octanol–water partition coefficient (Wildman–Crippen LogP) is 1.48. The minimum Gasteiger partial charge on any atom is -0.496 e. The Hall–Kier alpha value is -1.26.